The van der Waals surface area contributed by atoms with Gasteiger partial charge in [0.15, 0.2) is 6.61 Å². The smallest absolute Gasteiger partial charge is 0.338 e. The number of benzene rings is 2. The van der Waals surface area contributed by atoms with Crippen LogP contribution in [-0.4, -0.2) is 35.2 Å². The second-order valence-corrected chi connectivity index (χ2v) is 6.35. The molecule has 2 aromatic carbocycles. The molecule has 1 N–H and O–H groups in total. The highest BCUT2D eigenvalue weighted by Gasteiger charge is 2.28. The number of halogens is 2. The second-order valence-electron chi connectivity index (χ2n) is 6.35. The maximum absolute atomic E-state index is 13.1. The van der Waals surface area contributed by atoms with Crippen molar-refractivity contribution in [2.24, 2.45) is 0 Å². The fourth-order valence-corrected chi connectivity index (χ4v) is 2.77. The SMILES string of the molecule is O=C(COC(=O)c1ccc(CN2C(=O)CCC2=O)cc1)Nc1cc(F)cc(F)c1. The quantitative estimate of drug-likeness (QED) is 0.592. The summed E-state index contributed by atoms with van der Waals surface area (Å²) in [6.07, 6.45) is 0.404. The van der Waals surface area contributed by atoms with Crippen LogP contribution in [0.15, 0.2) is 42.5 Å². The molecule has 0 atom stereocenters. The first-order valence-corrected chi connectivity index (χ1v) is 8.67. The van der Waals surface area contributed by atoms with E-state index >= 15 is 0 Å². The maximum atomic E-state index is 13.1. The van der Waals surface area contributed by atoms with Gasteiger partial charge in [-0.25, -0.2) is 13.6 Å². The van der Waals surface area contributed by atoms with E-state index in [-0.39, 0.29) is 42.5 Å². The number of hydrogen-bond acceptors (Lipinski definition) is 5. The summed E-state index contributed by atoms with van der Waals surface area (Å²) in [5.41, 5.74) is 0.729. The lowest BCUT2D eigenvalue weighted by Crippen LogP contribution is -2.28. The zero-order valence-electron chi connectivity index (χ0n) is 15.1. The van der Waals surface area contributed by atoms with E-state index in [1.54, 1.807) is 12.1 Å². The molecule has 0 aliphatic carbocycles. The second kappa shape index (κ2) is 8.59. The van der Waals surface area contributed by atoms with Crippen LogP contribution in [0.3, 0.4) is 0 Å². The molecule has 1 aliphatic heterocycles. The molecule has 7 nitrogen and oxygen atoms in total. The van der Waals surface area contributed by atoms with Crippen LogP contribution in [0.1, 0.15) is 28.8 Å². The highest BCUT2D eigenvalue weighted by atomic mass is 19.1. The number of carbonyl (C=O) groups is 4. The number of nitrogens with zero attached hydrogens (tertiary/aromatic N) is 1. The number of esters is 1. The summed E-state index contributed by atoms with van der Waals surface area (Å²) >= 11 is 0. The van der Waals surface area contributed by atoms with E-state index in [4.69, 9.17) is 4.74 Å². The fraction of sp³-hybridized carbons (Fsp3) is 0.200. The number of nitrogens with one attached hydrogen (secondary N) is 1. The number of carbonyl (C=O) groups excluding carboxylic acids is 4. The summed E-state index contributed by atoms with van der Waals surface area (Å²) in [5.74, 6) is -3.70. The molecule has 9 heteroatoms. The van der Waals surface area contributed by atoms with Gasteiger partial charge in [-0.1, -0.05) is 12.1 Å². The van der Waals surface area contributed by atoms with Crippen molar-refractivity contribution in [1.82, 2.24) is 4.90 Å². The Morgan fingerprint density at radius 3 is 2.14 bits per heavy atom. The van der Waals surface area contributed by atoms with E-state index in [1.165, 1.54) is 12.1 Å². The minimum atomic E-state index is -0.852. The van der Waals surface area contributed by atoms with Gasteiger partial charge >= 0.3 is 5.97 Å². The zero-order valence-corrected chi connectivity index (χ0v) is 15.1. The first kappa shape index (κ1) is 20.1. The van der Waals surface area contributed by atoms with E-state index in [0.717, 1.165) is 17.0 Å². The molecule has 0 radical (unpaired) electrons. The Balaban J connectivity index is 1.52. The molecular formula is C20H16F2N2O5. The Bertz CT molecular complexity index is 939. The standard InChI is InChI=1S/C20H16F2N2O5/c21-14-7-15(22)9-16(8-14)23-17(25)11-29-20(28)13-3-1-12(2-4-13)10-24-18(26)5-6-19(24)27/h1-4,7-9H,5-6,10-11H2,(H,23,25). The Kier molecular flexibility index (Phi) is 5.96. The first-order valence-electron chi connectivity index (χ1n) is 8.67. The van der Waals surface area contributed by atoms with E-state index in [9.17, 15) is 28.0 Å². The van der Waals surface area contributed by atoms with Crippen molar-refractivity contribution in [2.45, 2.75) is 19.4 Å². The van der Waals surface area contributed by atoms with Gasteiger partial charge < -0.3 is 10.1 Å². The van der Waals surface area contributed by atoms with Crippen molar-refractivity contribution in [3.8, 4) is 0 Å². The third-order valence-corrected chi connectivity index (χ3v) is 4.17. The van der Waals surface area contributed by atoms with Gasteiger partial charge in [0.1, 0.15) is 11.6 Å². The van der Waals surface area contributed by atoms with E-state index in [0.29, 0.717) is 11.6 Å². The van der Waals surface area contributed by atoms with Crippen molar-refractivity contribution >= 4 is 29.4 Å². The fourth-order valence-electron chi connectivity index (χ4n) is 2.77. The van der Waals surface area contributed by atoms with Gasteiger partial charge in [-0.05, 0) is 29.8 Å². The lowest BCUT2D eigenvalue weighted by atomic mass is 10.1. The monoisotopic (exact) mass is 402 g/mol. The van der Waals surface area contributed by atoms with Crippen LogP contribution < -0.4 is 5.32 Å². The third-order valence-electron chi connectivity index (χ3n) is 4.17. The van der Waals surface area contributed by atoms with Crippen LogP contribution in [0.5, 0.6) is 0 Å². The molecule has 1 aliphatic rings. The average Bonchev–Trinajstić information content (AvgIpc) is 2.98. The zero-order chi connectivity index (χ0) is 21.0. The number of anilines is 1. The molecule has 0 spiro atoms. The van der Waals surface area contributed by atoms with E-state index in [2.05, 4.69) is 5.32 Å². The molecule has 29 heavy (non-hydrogen) atoms. The molecule has 150 valence electrons. The van der Waals surface area contributed by atoms with E-state index < -0.39 is 30.1 Å². The Hall–Kier alpha value is -3.62. The van der Waals surface area contributed by atoms with Crippen LogP contribution >= 0.6 is 0 Å². The Labute approximate surface area is 164 Å². The lowest BCUT2D eigenvalue weighted by Gasteiger charge is -2.13. The van der Waals surface area contributed by atoms with Gasteiger partial charge in [0, 0.05) is 24.6 Å². The van der Waals surface area contributed by atoms with Crippen LogP contribution in [0.2, 0.25) is 0 Å². The normalized spacial score (nSPS) is 13.5. The van der Waals surface area contributed by atoms with Crippen LogP contribution in [0.4, 0.5) is 14.5 Å². The average molecular weight is 402 g/mol. The predicted molar refractivity (Wildman–Crippen MR) is 96.5 cm³/mol. The summed E-state index contributed by atoms with van der Waals surface area (Å²) in [6.45, 7) is -0.519. The predicted octanol–water partition coefficient (Wildman–Crippen LogP) is 2.41. The van der Waals surface area contributed by atoms with Crippen molar-refractivity contribution in [2.75, 3.05) is 11.9 Å². The summed E-state index contributed by atoms with van der Waals surface area (Å²) in [7, 11) is 0. The molecule has 0 aromatic heterocycles. The van der Waals surface area contributed by atoms with Crippen molar-refractivity contribution in [1.29, 1.82) is 0 Å². The number of amides is 3. The highest BCUT2D eigenvalue weighted by Crippen LogP contribution is 2.17. The van der Waals surface area contributed by atoms with Crippen molar-refractivity contribution in [3.63, 3.8) is 0 Å². The van der Waals surface area contributed by atoms with Gasteiger partial charge in [0.25, 0.3) is 5.91 Å². The number of likely N-dealkylation sites (tertiary alicyclic amines) is 1. The summed E-state index contributed by atoms with van der Waals surface area (Å²) < 4.78 is 31.1. The van der Waals surface area contributed by atoms with Crippen molar-refractivity contribution < 1.29 is 32.7 Å². The number of hydrogen-bond donors (Lipinski definition) is 1. The lowest BCUT2D eigenvalue weighted by molar-refractivity contribution is -0.139. The number of rotatable bonds is 6. The molecule has 1 heterocycles. The van der Waals surface area contributed by atoms with Crippen LogP contribution in [0, 0.1) is 11.6 Å². The van der Waals surface area contributed by atoms with Gasteiger partial charge in [-0.2, -0.15) is 0 Å². The van der Waals surface area contributed by atoms with Gasteiger partial charge in [-0.15, -0.1) is 0 Å². The maximum Gasteiger partial charge on any atom is 0.338 e. The number of ether oxygens (including phenoxy) is 1. The summed E-state index contributed by atoms with van der Waals surface area (Å²) in [4.78, 5) is 48.2. The highest BCUT2D eigenvalue weighted by molar-refractivity contribution is 6.01. The minimum absolute atomic E-state index is 0.0982. The molecule has 1 saturated heterocycles. The van der Waals surface area contributed by atoms with Gasteiger partial charge in [-0.3, -0.25) is 19.3 Å². The van der Waals surface area contributed by atoms with Crippen molar-refractivity contribution in [3.05, 3.63) is 65.2 Å². The van der Waals surface area contributed by atoms with Gasteiger partial charge in [0.2, 0.25) is 11.8 Å². The summed E-state index contributed by atoms with van der Waals surface area (Å²) in [6, 6.07) is 8.56. The van der Waals surface area contributed by atoms with Crippen LogP contribution in [-0.2, 0) is 25.7 Å². The molecule has 2 aromatic rings. The first-order chi connectivity index (χ1) is 13.8. The molecule has 1 fully saturated rings. The minimum Gasteiger partial charge on any atom is -0.452 e. The molecule has 0 saturated carbocycles. The Morgan fingerprint density at radius 1 is 0.966 bits per heavy atom. The molecular weight excluding hydrogens is 386 g/mol. The Morgan fingerprint density at radius 2 is 1.55 bits per heavy atom. The van der Waals surface area contributed by atoms with E-state index in [1.807, 2.05) is 0 Å². The molecule has 3 amide bonds. The topological polar surface area (TPSA) is 92.8 Å². The molecule has 0 bridgehead atoms. The molecule has 0 unspecified atom stereocenters. The third kappa shape index (κ3) is 5.22. The largest absolute Gasteiger partial charge is 0.452 e. The van der Waals surface area contributed by atoms with Crippen LogP contribution in [0.25, 0.3) is 0 Å². The number of imide groups is 1. The summed E-state index contributed by atoms with van der Waals surface area (Å²) in [5, 5.41) is 2.22. The molecule has 3 rings (SSSR count). The van der Waals surface area contributed by atoms with Gasteiger partial charge in [0.05, 0.1) is 12.1 Å².